The maximum Gasteiger partial charge on any atom is 0.148 e. The number of benzene rings is 1. The van der Waals surface area contributed by atoms with Crippen LogP contribution < -0.4 is 0 Å². The smallest absolute Gasteiger partial charge is 0.148 e. The zero-order valence-electron chi connectivity index (χ0n) is 10.5. The van der Waals surface area contributed by atoms with Crippen LogP contribution in [0.25, 0.3) is 0 Å². The van der Waals surface area contributed by atoms with Crippen molar-refractivity contribution in [3.8, 4) is 0 Å². The molecule has 96 valence electrons. The van der Waals surface area contributed by atoms with Gasteiger partial charge in [0.2, 0.25) is 0 Å². The van der Waals surface area contributed by atoms with Crippen LogP contribution in [0.2, 0.25) is 0 Å². The number of ketones is 1. The van der Waals surface area contributed by atoms with Crippen molar-refractivity contribution in [3.63, 3.8) is 0 Å². The Morgan fingerprint density at radius 2 is 2.22 bits per heavy atom. The Labute approximate surface area is 112 Å². The number of hydrogen-bond acceptors (Lipinski definition) is 3. The highest BCUT2D eigenvalue weighted by molar-refractivity contribution is 8.00. The lowest BCUT2D eigenvalue weighted by molar-refractivity contribution is -0.120. The molecule has 1 aliphatic heterocycles. The molecule has 1 saturated heterocycles. The molecule has 0 amide bonds. The highest BCUT2D eigenvalue weighted by atomic mass is 32.2. The van der Waals surface area contributed by atoms with Gasteiger partial charge in [-0.05, 0) is 48.9 Å². The van der Waals surface area contributed by atoms with Crippen molar-refractivity contribution < 1.29 is 9.53 Å². The first kappa shape index (κ1) is 12.2. The van der Waals surface area contributed by atoms with E-state index in [1.807, 2.05) is 0 Å². The lowest BCUT2D eigenvalue weighted by atomic mass is 10.1. The summed E-state index contributed by atoms with van der Waals surface area (Å²) in [5.41, 5.74) is 2.98. The van der Waals surface area contributed by atoms with Crippen LogP contribution in [0, 0.1) is 5.92 Å². The molecule has 1 unspecified atom stereocenters. The van der Waals surface area contributed by atoms with E-state index in [1.54, 1.807) is 11.8 Å². The fourth-order valence-corrected chi connectivity index (χ4v) is 3.63. The molecule has 2 nitrogen and oxygen atoms in total. The summed E-state index contributed by atoms with van der Waals surface area (Å²) < 4.78 is 5.26. The molecule has 0 spiro atoms. The van der Waals surface area contributed by atoms with Gasteiger partial charge in [0, 0.05) is 17.4 Å². The minimum Gasteiger partial charge on any atom is -0.381 e. The van der Waals surface area contributed by atoms with Gasteiger partial charge in [-0.25, -0.2) is 0 Å². The summed E-state index contributed by atoms with van der Waals surface area (Å²) in [6, 6.07) is 6.66. The van der Waals surface area contributed by atoms with Crippen LogP contribution in [-0.4, -0.2) is 24.7 Å². The second-order valence-corrected chi connectivity index (χ2v) is 6.15. The maximum absolute atomic E-state index is 12.0. The summed E-state index contributed by atoms with van der Waals surface area (Å²) in [5.74, 6) is 1.08. The van der Waals surface area contributed by atoms with Crippen molar-refractivity contribution in [2.24, 2.45) is 5.92 Å². The number of fused-ring (bicyclic) bond motifs is 1. The average molecular weight is 262 g/mol. The summed E-state index contributed by atoms with van der Waals surface area (Å²) in [5, 5.41) is 0. The normalized spacial score (nSPS) is 22.1. The molecule has 1 atom stereocenters. The molecule has 2 aliphatic rings. The highest BCUT2D eigenvalue weighted by Gasteiger charge is 2.23. The molecule has 0 radical (unpaired) electrons. The second kappa shape index (κ2) is 5.45. The third-order valence-electron chi connectivity index (χ3n) is 3.84. The van der Waals surface area contributed by atoms with E-state index >= 15 is 0 Å². The molecule has 0 N–H and O–H groups in total. The minimum atomic E-state index is 0.145. The van der Waals surface area contributed by atoms with E-state index in [-0.39, 0.29) is 5.92 Å². The fraction of sp³-hybridized carbons (Fsp3) is 0.533. The first-order chi connectivity index (χ1) is 8.83. The van der Waals surface area contributed by atoms with Crippen molar-refractivity contribution in [2.75, 3.05) is 19.0 Å². The Hall–Kier alpha value is -0.800. The molecular weight excluding hydrogens is 244 g/mol. The van der Waals surface area contributed by atoms with Crippen LogP contribution in [0.15, 0.2) is 23.1 Å². The highest BCUT2D eigenvalue weighted by Crippen LogP contribution is 2.28. The summed E-state index contributed by atoms with van der Waals surface area (Å²) in [7, 11) is 0. The van der Waals surface area contributed by atoms with Gasteiger partial charge in [0.15, 0.2) is 0 Å². The van der Waals surface area contributed by atoms with Crippen LogP contribution >= 0.6 is 11.8 Å². The predicted octanol–water partition coefficient (Wildman–Crippen LogP) is 2.87. The van der Waals surface area contributed by atoms with Crippen LogP contribution in [0.5, 0.6) is 0 Å². The molecule has 0 saturated carbocycles. The summed E-state index contributed by atoms with van der Waals surface area (Å²) >= 11 is 1.68. The molecule has 0 aromatic heterocycles. The van der Waals surface area contributed by atoms with E-state index in [0.29, 0.717) is 18.1 Å². The lowest BCUT2D eigenvalue weighted by Crippen LogP contribution is -2.16. The molecule has 1 heterocycles. The molecular formula is C15H18O2S. The maximum atomic E-state index is 12.0. The van der Waals surface area contributed by atoms with E-state index in [2.05, 4.69) is 18.2 Å². The fourth-order valence-electron chi connectivity index (χ4n) is 2.70. The van der Waals surface area contributed by atoms with Gasteiger partial charge in [-0.15, -0.1) is 11.8 Å². The van der Waals surface area contributed by atoms with E-state index < -0.39 is 0 Å². The van der Waals surface area contributed by atoms with E-state index in [4.69, 9.17) is 4.74 Å². The van der Waals surface area contributed by atoms with Gasteiger partial charge >= 0.3 is 0 Å². The van der Waals surface area contributed by atoms with Gasteiger partial charge in [0.25, 0.3) is 0 Å². The summed E-state index contributed by atoms with van der Waals surface area (Å²) in [6.45, 7) is 1.38. The van der Waals surface area contributed by atoms with Crippen LogP contribution in [0.4, 0.5) is 0 Å². The molecule has 3 rings (SSSR count). The Bertz CT molecular complexity index is 450. The van der Waals surface area contributed by atoms with Gasteiger partial charge in [0.1, 0.15) is 5.78 Å². The zero-order valence-corrected chi connectivity index (χ0v) is 11.3. The first-order valence-corrected chi connectivity index (χ1v) is 7.66. The van der Waals surface area contributed by atoms with E-state index in [1.165, 1.54) is 35.3 Å². The molecule has 1 aromatic rings. The lowest BCUT2D eigenvalue weighted by Gasteiger charge is -2.07. The van der Waals surface area contributed by atoms with Gasteiger partial charge in [0.05, 0.1) is 12.4 Å². The number of hydrogen-bond donors (Lipinski definition) is 0. The Morgan fingerprint density at radius 3 is 3.06 bits per heavy atom. The zero-order chi connectivity index (χ0) is 12.4. The van der Waals surface area contributed by atoms with Crippen molar-refractivity contribution in [3.05, 3.63) is 29.3 Å². The van der Waals surface area contributed by atoms with Crippen LogP contribution in [0.1, 0.15) is 24.0 Å². The van der Waals surface area contributed by atoms with Gasteiger partial charge in [-0.1, -0.05) is 6.07 Å². The monoisotopic (exact) mass is 262 g/mol. The van der Waals surface area contributed by atoms with E-state index in [0.717, 1.165) is 13.0 Å². The van der Waals surface area contributed by atoms with Crippen LogP contribution in [-0.2, 0) is 22.4 Å². The minimum absolute atomic E-state index is 0.145. The van der Waals surface area contributed by atoms with Gasteiger partial charge in [-0.2, -0.15) is 0 Å². The standard InChI is InChI=1S/C15H18O2S/c16-15(13-6-7-17-9-13)10-18-14-5-4-11-2-1-3-12(11)8-14/h4-5,8,13H,1-3,6-7,9-10H2. The van der Waals surface area contributed by atoms with Crippen LogP contribution in [0.3, 0.4) is 0 Å². The van der Waals surface area contributed by atoms with Crippen molar-refractivity contribution in [1.29, 1.82) is 0 Å². The Morgan fingerprint density at radius 1 is 1.33 bits per heavy atom. The topological polar surface area (TPSA) is 26.3 Å². The molecule has 1 aliphatic carbocycles. The third-order valence-corrected chi connectivity index (χ3v) is 4.85. The second-order valence-electron chi connectivity index (χ2n) is 5.10. The van der Waals surface area contributed by atoms with Crippen molar-refractivity contribution in [2.45, 2.75) is 30.6 Å². The Balaban J connectivity index is 1.58. The number of ether oxygens (including phenoxy) is 1. The average Bonchev–Trinajstić information content (AvgIpc) is 3.05. The number of carbonyl (C=O) groups is 1. The Kier molecular flexibility index (Phi) is 3.71. The predicted molar refractivity (Wildman–Crippen MR) is 73.1 cm³/mol. The largest absolute Gasteiger partial charge is 0.381 e. The quantitative estimate of drug-likeness (QED) is 0.781. The first-order valence-electron chi connectivity index (χ1n) is 6.68. The molecule has 3 heteroatoms. The van der Waals surface area contributed by atoms with Crippen molar-refractivity contribution >= 4 is 17.5 Å². The van der Waals surface area contributed by atoms with E-state index in [9.17, 15) is 4.79 Å². The van der Waals surface area contributed by atoms with Gasteiger partial charge in [-0.3, -0.25) is 4.79 Å². The number of rotatable bonds is 4. The molecule has 1 aromatic carbocycles. The SMILES string of the molecule is O=C(CSc1ccc2c(c1)CCC2)C1CCOC1. The molecule has 1 fully saturated rings. The number of Topliss-reactive ketones (excluding diaryl/α,β-unsaturated/α-hetero) is 1. The molecule has 18 heavy (non-hydrogen) atoms. The summed E-state index contributed by atoms with van der Waals surface area (Å²) in [6.07, 6.45) is 4.61. The molecule has 0 bridgehead atoms. The number of carbonyl (C=O) groups excluding carboxylic acids is 1. The number of aryl methyl sites for hydroxylation is 2. The summed E-state index contributed by atoms with van der Waals surface area (Å²) in [4.78, 5) is 13.2. The van der Waals surface area contributed by atoms with Crippen molar-refractivity contribution in [1.82, 2.24) is 0 Å². The number of thioether (sulfide) groups is 1. The third kappa shape index (κ3) is 2.62. The van der Waals surface area contributed by atoms with Gasteiger partial charge < -0.3 is 4.74 Å².